The summed E-state index contributed by atoms with van der Waals surface area (Å²) >= 11 is 6.08. The van der Waals surface area contributed by atoms with Gasteiger partial charge in [0.25, 0.3) is 5.56 Å². The molecule has 0 saturated carbocycles. The van der Waals surface area contributed by atoms with Crippen LogP contribution in [0.15, 0.2) is 47.4 Å². The van der Waals surface area contributed by atoms with Crippen LogP contribution in [0.3, 0.4) is 0 Å². The number of hydrogen-bond acceptors (Lipinski definition) is 3. The van der Waals surface area contributed by atoms with Gasteiger partial charge in [0.05, 0.1) is 16.4 Å². The van der Waals surface area contributed by atoms with Gasteiger partial charge in [-0.2, -0.15) is 0 Å². The first-order chi connectivity index (χ1) is 12.9. The second kappa shape index (κ2) is 6.55. The summed E-state index contributed by atoms with van der Waals surface area (Å²) in [5.74, 6) is -0.286. The molecule has 0 atom stereocenters. The third kappa shape index (κ3) is 3.19. The van der Waals surface area contributed by atoms with Gasteiger partial charge in [-0.05, 0) is 43.7 Å². The SMILES string of the molecule is Cc1ccc(NC(=O)Cn2[nH]c3c(cnc4ccc(Cl)cc43)c2=O)c(C)c1. The zero-order valence-corrected chi connectivity index (χ0v) is 15.6. The Morgan fingerprint density at radius 1 is 1.19 bits per heavy atom. The fourth-order valence-electron chi connectivity index (χ4n) is 3.18. The number of halogens is 1. The van der Waals surface area contributed by atoms with Crippen LogP contribution in [0.5, 0.6) is 0 Å². The average molecular weight is 381 g/mol. The fourth-order valence-corrected chi connectivity index (χ4v) is 3.35. The van der Waals surface area contributed by atoms with Crippen LogP contribution in [-0.4, -0.2) is 20.7 Å². The molecule has 6 nitrogen and oxygen atoms in total. The zero-order chi connectivity index (χ0) is 19.1. The summed E-state index contributed by atoms with van der Waals surface area (Å²) in [6.45, 7) is 3.80. The molecule has 0 radical (unpaired) electrons. The van der Waals surface area contributed by atoms with Crippen LogP contribution in [-0.2, 0) is 11.3 Å². The molecule has 0 aliphatic heterocycles. The van der Waals surface area contributed by atoms with Crippen LogP contribution < -0.4 is 10.9 Å². The molecule has 7 heteroatoms. The van der Waals surface area contributed by atoms with Gasteiger partial charge in [-0.15, -0.1) is 0 Å². The third-order valence-electron chi connectivity index (χ3n) is 4.51. The molecule has 0 saturated heterocycles. The zero-order valence-electron chi connectivity index (χ0n) is 14.8. The lowest BCUT2D eigenvalue weighted by Crippen LogP contribution is -2.26. The van der Waals surface area contributed by atoms with Crippen LogP contribution in [0.2, 0.25) is 5.02 Å². The molecule has 0 aliphatic carbocycles. The van der Waals surface area contributed by atoms with E-state index in [1.165, 1.54) is 10.9 Å². The molecule has 0 fully saturated rings. The van der Waals surface area contributed by atoms with Crippen molar-refractivity contribution in [1.29, 1.82) is 0 Å². The number of carbonyl (C=O) groups is 1. The van der Waals surface area contributed by atoms with Crippen molar-refractivity contribution in [2.75, 3.05) is 5.32 Å². The fraction of sp³-hybridized carbons (Fsp3) is 0.150. The smallest absolute Gasteiger partial charge is 0.276 e. The maximum Gasteiger partial charge on any atom is 0.276 e. The number of H-pyrrole nitrogens is 1. The Balaban J connectivity index is 1.68. The standard InChI is InChI=1S/C20H17ClN4O2/c1-11-3-5-16(12(2)7-11)23-18(26)10-25-20(27)15-9-22-17-6-4-13(21)8-14(17)19(15)24-25/h3-9,24H,10H2,1-2H3,(H,23,26). The lowest BCUT2D eigenvalue weighted by Gasteiger charge is -2.09. The van der Waals surface area contributed by atoms with Crippen molar-refractivity contribution >= 4 is 45.0 Å². The summed E-state index contributed by atoms with van der Waals surface area (Å²) < 4.78 is 1.28. The van der Waals surface area contributed by atoms with Crippen molar-refractivity contribution in [3.8, 4) is 0 Å². The molecule has 2 heterocycles. The lowest BCUT2D eigenvalue weighted by atomic mass is 10.1. The number of aryl methyl sites for hydroxylation is 2. The molecule has 0 bridgehead atoms. The molecule has 0 unspecified atom stereocenters. The number of hydrogen-bond donors (Lipinski definition) is 2. The number of anilines is 1. The number of pyridine rings is 1. The second-order valence-corrected chi connectivity index (χ2v) is 7.01. The Hall–Kier alpha value is -3.12. The van der Waals surface area contributed by atoms with Gasteiger partial charge < -0.3 is 5.32 Å². The van der Waals surface area contributed by atoms with Gasteiger partial charge in [-0.25, -0.2) is 4.68 Å². The topological polar surface area (TPSA) is 79.8 Å². The van der Waals surface area contributed by atoms with E-state index in [1.807, 2.05) is 32.0 Å². The van der Waals surface area contributed by atoms with E-state index in [-0.39, 0.29) is 18.0 Å². The molecular weight excluding hydrogens is 364 g/mol. The monoisotopic (exact) mass is 380 g/mol. The first-order valence-electron chi connectivity index (χ1n) is 8.46. The number of rotatable bonds is 3. The molecule has 136 valence electrons. The predicted octanol–water partition coefficient (Wildman–Crippen LogP) is 3.79. The Kier molecular flexibility index (Phi) is 4.20. The van der Waals surface area contributed by atoms with Crippen molar-refractivity contribution < 1.29 is 4.79 Å². The van der Waals surface area contributed by atoms with Crippen molar-refractivity contribution in [2.45, 2.75) is 20.4 Å². The van der Waals surface area contributed by atoms with Crippen LogP contribution >= 0.6 is 11.6 Å². The van der Waals surface area contributed by atoms with Gasteiger partial charge in [0.1, 0.15) is 6.54 Å². The minimum absolute atomic E-state index is 0.122. The first-order valence-corrected chi connectivity index (χ1v) is 8.84. The number of aromatic nitrogens is 3. The largest absolute Gasteiger partial charge is 0.324 e. The minimum atomic E-state index is -0.296. The van der Waals surface area contributed by atoms with Crippen LogP contribution in [0.4, 0.5) is 5.69 Å². The highest BCUT2D eigenvalue weighted by atomic mass is 35.5. The van der Waals surface area contributed by atoms with Gasteiger partial charge in [-0.3, -0.25) is 19.7 Å². The number of nitrogens with one attached hydrogen (secondary N) is 2. The molecule has 0 spiro atoms. The summed E-state index contributed by atoms with van der Waals surface area (Å²) in [6, 6.07) is 11.1. The molecule has 2 aromatic carbocycles. The summed E-state index contributed by atoms with van der Waals surface area (Å²) in [4.78, 5) is 29.4. The number of fused-ring (bicyclic) bond motifs is 3. The van der Waals surface area contributed by atoms with E-state index in [2.05, 4.69) is 15.4 Å². The van der Waals surface area contributed by atoms with Crippen molar-refractivity contribution in [2.24, 2.45) is 0 Å². The highest BCUT2D eigenvalue weighted by Crippen LogP contribution is 2.23. The maximum absolute atomic E-state index is 12.6. The Morgan fingerprint density at radius 3 is 2.78 bits per heavy atom. The second-order valence-electron chi connectivity index (χ2n) is 6.58. The summed E-state index contributed by atoms with van der Waals surface area (Å²) in [5, 5.41) is 7.58. The summed E-state index contributed by atoms with van der Waals surface area (Å²) in [7, 11) is 0. The Labute approximate surface area is 159 Å². The molecule has 1 amide bonds. The van der Waals surface area contributed by atoms with Gasteiger partial charge in [0.2, 0.25) is 5.91 Å². The van der Waals surface area contributed by atoms with Crippen LogP contribution in [0, 0.1) is 13.8 Å². The number of nitrogens with zero attached hydrogens (tertiary/aromatic N) is 2. The van der Waals surface area contributed by atoms with E-state index >= 15 is 0 Å². The number of carbonyl (C=O) groups excluding carboxylic acids is 1. The molecular formula is C20H17ClN4O2. The summed E-state index contributed by atoms with van der Waals surface area (Å²) in [6.07, 6.45) is 1.52. The van der Waals surface area contributed by atoms with E-state index in [4.69, 9.17) is 11.6 Å². The van der Waals surface area contributed by atoms with Crippen molar-refractivity contribution in [3.63, 3.8) is 0 Å². The number of benzene rings is 2. The molecule has 2 N–H and O–H groups in total. The van der Waals surface area contributed by atoms with Gasteiger partial charge in [0, 0.05) is 22.3 Å². The molecule has 2 aromatic heterocycles. The predicted molar refractivity (Wildman–Crippen MR) is 107 cm³/mol. The van der Waals surface area contributed by atoms with E-state index < -0.39 is 0 Å². The van der Waals surface area contributed by atoms with Crippen LogP contribution in [0.25, 0.3) is 21.8 Å². The first kappa shape index (κ1) is 17.3. The highest BCUT2D eigenvalue weighted by molar-refractivity contribution is 6.31. The van der Waals surface area contributed by atoms with Gasteiger partial charge >= 0.3 is 0 Å². The Morgan fingerprint density at radius 2 is 2.00 bits per heavy atom. The molecule has 0 aliphatic rings. The van der Waals surface area contributed by atoms with E-state index in [1.54, 1.807) is 18.2 Å². The third-order valence-corrected chi connectivity index (χ3v) is 4.75. The van der Waals surface area contributed by atoms with Gasteiger partial charge in [-0.1, -0.05) is 29.3 Å². The summed E-state index contributed by atoms with van der Waals surface area (Å²) in [5.41, 5.74) is 3.86. The Bertz CT molecular complexity index is 1260. The quantitative estimate of drug-likeness (QED) is 0.567. The average Bonchev–Trinajstić information content (AvgIpc) is 2.94. The minimum Gasteiger partial charge on any atom is -0.324 e. The molecule has 4 rings (SSSR count). The maximum atomic E-state index is 12.6. The molecule has 4 aromatic rings. The van der Waals surface area contributed by atoms with Crippen molar-refractivity contribution in [3.05, 3.63) is 69.1 Å². The van der Waals surface area contributed by atoms with Crippen molar-refractivity contribution in [1.82, 2.24) is 14.8 Å². The van der Waals surface area contributed by atoms with Gasteiger partial charge in [0.15, 0.2) is 0 Å². The van der Waals surface area contributed by atoms with E-state index in [0.29, 0.717) is 15.9 Å². The van der Waals surface area contributed by atoms with E-state index in [0.717, 1.165) is 27.7 Å². The molecule has 27 heavy (non-hydrogen) atoms. The number of aromatic amines is 1. The van der Waals surface area contributed by atoms with Crippen LogP contribution in [0.1, 0.15) is 11.1 Å². The lowest BCUT2D eigenvalue weighted by molar-refractivity contribution is -0.116. The normalized spacial score (nSPS) is 11.2. The number of amides is 1. The van der Waals surface area contributed by atoms with E-state index in [9.17, 15) is 9.59 Å². The highest BCUT2D eigenvalue weighted by Gasteiger charge is 2.14.